The average molecular weight is 411 g/mol. The van der Waals surface area contributed by atoms with Crippen molar-refractivity contribution in [1.29, 1.82) is 0 Å². The van der Waals surface area contributed by atoms with Crippen LogP contribution in [0.15, 0.2) is 73.8 Å². The molecule has 0 aliphatic rings. The highest BCUT2D eigenvalue weighted by atomic mass is 16.5. The van der Waals surface area contributed by atoms with Crippen molar-refractivity contribution in [3.63, 3.8) is 0 Å². The molecule has 2 rings (SSSR count). The molecule has 0 aliphatic carbocycles. The van der Waals surface area contributed by atoms with Gasteiger partial charge < -0.3 is 14.6 Å². The summed E-state index contributed by atoms with van der Waals surface area (Å²) in [5.41, 5.74) is 2.42. The van der Waals surface area contributed by atoms with Crippen LogP contribution in [0.2, 0.25) is 0 Å². The normalized spacial score (nSPS) is 10.9. The summed E-state index contributed by atoms with van der Waals surface area (Å²) in [5, 5.41) is 9.17. The lowest BCUT2D eigenvalue weighted by atomic mass is 10.2. The molecule has 0 fully saturated rings. The van der Waals surface area contributed by atoms with E-state index >= 15 is 0 Å². The topological polar surface area (TPSA) is 45.2 Å². The van der Waals surface area contributed by atoms with Gasteiger partial charge in [-0.05, 0) is 35.4 Å². The molecule has 0 unspecified atom stereocenters. The summed E-state index contributed by atoms with van der Waals surface area (Å²) < 4.78 is 11.2. The summed E-state index contributed by atoms with van der Waals surface area (Å²) in [5.74, 6) is 1.73. The molecule has 0 spiro atoms. The van der Waals surface area contributed by atoms with Gasteiger partial charge in [0.1, 0.15) is 18.1 Å². The van der Waals surface area contributed by atoms with E-state index in [0.717, 1.165) is 44.2 Å². The monoisotopic (exact) mass is 410 g/mol. The van der Waals surface area contributed by atoms with Crippen molar-refractivity contribution in [2.75, 3.05) is 46.5 Å². The molecule has 0 aromatic heterocycles. The number of benzene rings is 2. The van der Waals surface area contributed by atoms with Crippen LogP contribution in [0.3, 0.4) is 0 Å². The Balaban J connectivity index is 1.82. The molecular formula is C25H34N2O3. The number of hydrogen-bond acceptors (Lipinski definition) is 5. The van der Waals surface area contributed by atoms with E-state index in [1.165, 1.54) is 11.1 Å². The molecule has 162 valence electrons. The van der Waals surface area contributed by atoms with Gasteiger partial charge in [0, 0.05) is 39.3 Å². The second-order valence-corrected chi connectivity index (χ2v) is 7.11. The maximum atomic E-state index is 9.17. The Morgan fingerprint density at radius 2 is 1.30 bits per heavy atom. The van der Waals surface area contributed by atoms with Gasteiger partial charge in [0.25, 0.3) is 0 Å². The van der Waals surface area contributed by atoms with Crippen molar-refractivity contribution in [3.8, 4) is 11.5 Å². The molecule has 0 saturated heterocycles. The Bertz CT molecular complexity index is 744. The molecule has 30 heavy (non-hydrogen) atoms. The third-order valence-corrected chi connectivity index (χ3v) is 4.76. The lowest BCUT2D eigenvalue weighted by Crippen LogP contribution is -2.28. The van der Waals surface area contributed by atoms with Crippen molar-refractivity contribution in [2.24, 2.45) is 0 Å². The van der Waals surface area contributed by atoms with Crippen LogP contribution in [0.25, 0.3) is 0 Å². The van der Waals surface area contributed by atoms with Crippen LogP contribution in [0.1, 0.15) is 11.1 Å². The van der Waals surface area contributed by atoms with Crippen molar-refractivity contribution in [2.45, 2.75) is 13.1 Å². The summed E-state index contributed by atoms with van der Waals surface area (Å²) in [6.07, 6.45) is 3.77. The molecule has 0 heterocycles. The Morgan fingerprint density at radius 1 is 0.800 bits per heavy atom. The molecule has 5 heteroatoms. The number of aliphatic hydroxyl groups excluding tert-OH is 1. The maximum Gasteiger partial charge on any atom is 0.119 e. The minimum Gasteiger partial charge on any atom is -0.497 e. The van der Waals surface area contributed by atoms with Crippen LogP contribution in [-0.2, 0) is 13.1 Å². The minimum absolute atomic E-state index is 0.146. The highest BCUT2D eigenvalue weighted by Gasteiger charge is 2.07. The molecule has 2 aromatic carbocycles. The van der Waals surface area contributed by atoms with Crippen LogP contribution in [0.5, 0.6) is 11.5 Å². The second kappa shape index (κ2) is 13.6. The van der Waals surface area contributed by atoms with Gasteiger partial charge in [-0.3, -0.25) is 9.80 Å². The van der Waals surface area contributed by atoms with Gasteiger partial charge >= 0.3 is 0 Å². The number of rotatable bonds is 15. The first kappa shape index (κ1) is 23.7. The molecule has 0 aliphatic heterocycles. The third-order valence-electron chi connectivity index (χ3n) is 4.76. The van der Waals surface area contributed by atoms with Crippen LogP contribution in [0, 0.1) is 0 Å². The zero-order valence-electron chi connectivity index (χ0n) is 18.0. The van der Waals surface area contributed by atoms with Crippen LogP contribution in [0.4, 0.5) is 0 Å². The fourth-order valence-electron chi connectivity index (χ4n) is 3.21. The summed E-state index contributed by atoms with van der Waals surface area (Å²) in [6.45, 7) is 13.0. The zero-order valence-corrected chi connectivity index (χ0v) is 18.0. The van der Waals surface area contributed by atoms with E-state index in [1.54, 1.807) is 7.11 Å². The first-order chi connectivity index (χ1) is 14.7. The van der Waals surface area contributed by atoms with Crippen molar-refractivity contribution >= 4 is 0 Å². The SMILES string of the molecule is C=CCN(CCO)Cc1ccc(OCCN(CC=C)Cc2ccc(OC)cc2)cc1. The fraction of sp³-hybridized carbons (Fsp3) is 0.360. The minimum atomic E-state index is 0.146. The molecule has 0 atom stereocenters. The molecule has 0 bridgehead atoms. The lowest BCUT2D eigenvalue weighted by Gasteiger charge is -2.21. The molecule has 0 saturated carbocycles. The predicted molar refractivity (Wildman–Crippen MR) is 123 cm³/mol. The number of methoxy groups -OCH3 is 1. The predicted octanol–water partition coefficient (Wildman–Crippen LogP) is 3.74. The van der Waals surface area contributed by atoms with E-state index in [-0.39, 0.29) is 6.61 Å². The first-order valence-electron chi connectivity index (χ1n) is 10.3. The van der Waals surface area contributed by atoms with E-state index in [2.05, 4.69) is 47.2 Å². The zero-order chi connectivity index (χ0) is 21.6. The smallest absolute Gasteiger partial charge is 0.119 e. The second-order valence-electron chi connectivity index (χ2n) is 7.11. The molecule has 2 aromatic rings. The number of nitrogens with zero attached hydrogens (tertiary/aromatic N) is 2. The van der Waals surface area contributed by atoms with Crippen molar-refractivity contribution < 1.29 is 14.6 Å². The van der Waals surface area contributed by atoms with Gasteiger partial charge in [0.05, 0.1) is 13.7 Å². The lowest BCUT2D eigenvalue weighted by molar-refractivity contribution is 0.203. The quantitative estimate of drug-likeness (QED) is 0.453. The van der Waals surface area contributed by atoms with Gasteiger partial charge in [-0.15, -0.1) is 13.2 Å². The average Bonchev–Trinajstić information content (AvgIpc) is 2.76. The molecular weight excluding hydrogens is 376 g/mol. The van der Waals surface area contributed by atoms with Gasteiger partial charge in [-0.2, -0.15) is 0 Å². The fourth-order valence-corrected chi connectivity index (χ4v) is 3.21. The summed E-state index contributed by atoms with van der Waals surface area (Å²) in [4.78, 5) is 4.44. The summed E-state index contributed by atoms with van der Waals surface area (Å²) >= 11 is 0. The Labute approximate surface area is 180 Å². The van der Waals surface area contributed by atoms with Gasteiger partial charge in [0.15, 0.2) is 0 Å². The highest BCUT2D eigenvalue weighted by Crippen LogP contribution is 2.15. The van der Waals surface area contributed by atoms with Gasteiger partial charge in [-0.25, -0.2) is 0 Å². The van der Waals surface area contributed by atoms with Crippen molar-refractivity contribution in [3.05, 3.63) is 85.0 Å². The highest BCUT2D eigenvalue weighted by molar-refractivity contribution is 5.28. The molecule has 1 N–H and O–H groups in total. The molecule has 5 nitrogen and oxygen atoms in total. The van der Waals surface area contributed by atoms with Crippen molar-refractivity contribution in [1.82, 2.24) is 9.80 Å². The molecule has 0 amide bonds. The van der Waals surface area contributed by atoms with Gasteiger partial charge in [0.2, 0.25) is 0 Å². The van der Waals surface area contributed by atoms with E-state index in [1.807, 2.05) is 36.4 Å². The summed E-state index contributed by atoms with van der Waals surface area (Å²) in [6, 6.07) is 16.3. The third kappa shape index (κ3) is 8.41. The Kier molecular flexibility index (Phi) is 10.7. The van der Waals surface area contributed by atoms with Crippen LogP contribution in [-0.4, -0.2) is 61.4 Å². The standard InChI is InChI=1S/C25H34N2O3/c1-4-14-26(16-18-28)20-23-8-12-25(13-9-23)30-19-17-27(15-5-2)21-22-6-10-24(29-3)11-7-22/h4-13,28H,1-2,14-21H2,3H3. The van der Waals surface area contributed by atoms with Crippen LogP contribution >= 0.6 is 0 Å². The van der Waals surface area contributed by atoms with Gasteiger partial charge in [-0.1, -0.05) is 36.4 Å². The Hall–Kier alpha value is -2.60. The van der Waals surface area contributed by atoms with E-state index < -0.39 is 0 Å². The number of ether oxygens (including phenoxy) is 2. The van der Waals surface area contributed by atoms with Crippen LogP contribution < -0.4 is 9.47 Å². The Morgan fingerprint density at radius 3 is 1.77 bits per heavy atom. The largest absolute Gasteiger partial charge is 0.497 e. The maximum absolute atomic E-state index is 9.17. The first-order valence-corrected chi connectivity index (χ1v) is 10.3. The van der Waals surface area contributed by atoms with E-state index in [4.69, 9.17) is 9.47 Å². The van der Waals surface area contributed by atoms with E-state index in [9.17, 15) is 5.11 Å². The summed E-state index contributed by atoms with van der Waals surface area (Å²) in [7, 11) is 1.68. The number of hydrogen-bond donors (Lipinski definition) is 1. The van der Waals surface area contributed by atoms with E-state index in [0.29, 0.717) is 13.2 Å². The molecule has 0 radical (unpaired) electrons. The number of aliphatic hydroxyl groups is 1.